The fourth-order valence-electron chi connectivity index (χ4n) is 1.33. The van der Waals surface area contributed by atoms with Crippen LogP contribution < -0.4 is 5.32 Å². The predicted molar refractivity (Wildman–Crippen MR) is 53.7 cm³/mol. The van der Waals surface area contributed by atoms with E-state index in [1.54, 1.807) is 6.26 Å². The second-order valence-electron chi connectivity index (χ2n) is 3.79. The van der Waals surface area contributed by atoms with E-state index in [1.165, 1.54) is 12.8 Å². The number of nitrogens with zero attached hydrogens (tertiary/aromatic N) is 1. The fraction of sp³-hybridized carbons (Fsp3) is 0.889. The van der Waals surface area contributed by atoms with Crippen LogP contribution in [0.2, 0.25) is 0 Å². The van der Waals surface area contributed by atoms with E-state index in [0.717, 1.165) is 13.1 Å². The number of hydrogen-bond acceptors (Lipinski definition) is 3. The topological polar surface area (TPSA) is 52.9 Å². The van der Waals surface area contributed by atoms with Crippen molar-refractivity contribution in [2.24, 2.45) is 5.41 Å². The van der Waals surface area contributed by atoms with Crippen LogP contribution in [0.3, 0.4) is 0 Å². The number of rotatable bonds is 6. The summed E-state index contributed by atoms with van der Waals surface area (Å²) in [4.78, 5) is 0. The van der Waals surface area contributed by atoms with Crippen molar-refractivity contribution in [3.8, 4) is 6.07 Å². The van der Waals surface area contributed by atoms with Crippen LogP contribution >= 0.6 is 0 Å². The average Bonchev–Trinajstić information content (AvgIpc) is 2.80. The van der Waals surface area contributed by atoms with Gasteiger partial charge in [0.1, 0.15) is 0 Å². The largest absolute Gasteiger partial charge is 0.315 e. The normalized spacial score (nSPS) is 20.6. The summed E-state index contributed by atoms with van der Waals surface area (Å²) in [6, 6.07) is 2.22. The minimum Gasteiger partial charge on any atom is -0.315 e. The summed E-state index contributed by atoms with van der Waals surface area (Å²) >= 11 is 0. The zero-order chi connectivity index (χ0) is 9.73. The maximum atomic E-state index is 10.7. The van der Waals surface area contributed by atoms with Gasteiger partial charge in [0.05, 0.1) is 6.07 Å². The second kappa shape index (κ2) is 4.73. The zero-order valence-electron chi connectivity index (χ0n) is 8.01. The van der Waals surface area contributed by atoms with Gasteiger partial charge in [0.15, 0.2) is 0 Å². The molecular weight excluding hydrogens is 184 g/mol. The minimum absolute atomic E-state index is 0.268. The Morgan fingerprint density at radius 1 is 1.62 bits per heavy atom. The van der Waals surface area contributed by atoms with Gasteiger partial charge in [0.25, 0.3) is 0 Å². The van der Waals surface area contributed by atoms with Crippen LogP contribution in [0.4, 0.5) is 0 Å². The highest BCUT2D eigenvalue weighted by Crippen LogP contribution is 2.47. The van der Waals surface area contributed by atoms with E-state index in [1.807, 2.05) is 0 Å². The van der Waals surface area contributed by atoms with Gasteiger partial charge in [0, 0.05) is 42.3 Å². The van der Waals surface area contributed by atoms with Crippen LogP contribution in [0, 0.1) is 16.7 Å². The molecule has 1 saturated carbocycles. The minimum atomic E-state index is -0.705. The molecule has 0 aliphatic heterocycles. The third kappa shape index (κ3) is 3.88. The molecule has 0 amide bonds. The van der Waals surface area contributed by atoms with E-state index in [4.69, 9.17) is 5.26 Å². The summed E-state index contributed by atoms with van der Waals surface area (Å²) in [5.41, 5.74) is 0.268. The van der Waals surface area contributed by atoms with Crippen LogP contribution in [0.1, 0.15) is 19.3 Å². The molecule has 0 heterocycles. The Bertz CT molecular complexity index is 230. The highest BCUT2D eigenvalue weighted by atomic mass is 32.2. The third-order valence-corrected chi connectivity index (χ3v) is 3.26. The van der Waals surface area contributed by atoms with E-state index in [-0.39, 0.29) is 5.41 Å². The summed E-state index contributed by atoms with van der Waals surface area (Å²) in [6.45, 7) is 1.72. The molecular formula is C9H16N2OS. The molecule has 74 valence electrons. The molecule has 0 aromatic heterocycles. The van der Waals surface area contributed by atoms with Crippen molar-refractivity contribution in [2.75, 3.05) is 25.1 Å². The van der Waals surface area contributed by atoms with E-state index in [0.29, 0.717) is 12.2 Å². The molecule has 1 aliphatic rings. The van der Waals surface area contributed by atoms with Gasteiger partial charge in [-0.3, -0.25) is 4.21 Å². The van der Waals surface area contributed by atoms with Crippen LogP contribution in [-0.4, -0.2) is 29.3 Å². The molecule has 1 fully saturated rings. The van der Waals surface area contributed by atoms with E-state index < -0.39 is 10.8 Å². The van der Waals surface area contributed by atoms with Gasteiger partial charge in [0.2, 0.25) is 0 Å². The first-order valence-electron chi connectivity index (χ1n) is 4.56. The summed E-state index contributed by atoms with van der Waals surface area (Å²) < 4.78 is 10.7. The van der Waals surface area contributed by atoms with Crippen molar-refractivity contribution >= 4 is 10.8 Å². The van der Waals surface area contributed by atoms with E-state index in [9.17, 15) is 4.21 Å². The zero-order valence-corrected chi connectivity index (χ0v) is 8.82. The molecule has 1 aliphatic carbocycles. The number of hydrogen-bond donors (Lipinski definition) is 1. The number of nitrogens with one attached hydrogen (secondary N) is 1. The van der Waals surface area contributed by atoms with Gasteiger partial charge in [-0.15, -0.1) is 0 Å². The van der Waals surface area contributed by atoms with Crippen molar-refractivity contribution < 1.29 is 4.21 Å². The summed E-state index contributed by atoms with van der Waals surface area (Å²) in [5, 5.41) is 11.8. The van der Waals surface area contributed by atoms with E-state index >= 15 is 0 Å². The highest BCUT2D eigenvalue weighted by Gasteiger charge is 2.41. The van der Waals surface area contributed by atoms with Crippen LogP contribution in [-0.2, 0) is 10.8 Å². The summed E-state index contributed by atoms with van der Waals surface area (Å²) in [5.74, 6) is 0.711. The molecule has 4 heteroatoms. The van der Waals surface area contributed by atoms with Crippen LogP contribution in [0.5, 0.6) is 0 Å². The first kappa shape index (κ1) is 10.7. The van der Waals surface area contributed by atoms with Crippen molar-refractivity contribution in [2.45, 2.75) is 19.3 Å². The van der Waals surface area contributed by atoms with Crippen molar-refractivity contribution in [3.63, 3.8) is 0 Å². The second-order valence-corrected chi connectivity index (χ2v) is 5.34. The van der Waals surface area contributed by atoms with Crippen LogP contribution in [0.25, 0.3) is 0 Å². The van der Waals surface area contributed by atoms with Crippen molar-refractivity contribution in [1.82, 2.24) is 5.32 Å². The van der Waals surface area contributed by atoms with Gasteiger partial charge >= 0.3 is 0 Å². The molecule has 1 N–H and O–H groups in total. The lowest BCUT2D eigenvalue weighted by Gasteiger charge is -2.11. The Labute approximate surface area is 82.0 Å². The Balaban J connectivity index is 2.06. The van der Waals surface area contributed by atoms with Gasteiger partial charge in [-0.25, -0.2) is 0 Å². The van der Waals surface area contributed by atoms with Gasteiger partial charge in [-0.05, 0) is 18.3 Å². The molecule has 3 nitrogen and oxygen atoms in total. The van der Waals surface area contributed by atoms with Gasteiger partial charge in [-0.2, -0.15) is 5.26 Å². The van der Waals surface area contributed by atoms with Gasteiger partial charge in [-0.1, -0.05) is 0 Å². The third-order valence-electron chi connectivity index (χ3n) is 2.48. The molecule has 1 rings (SSSR count). The van der Waals surface area contributed by atoms with Crippen LogP contribution in [0.15, 0.2) is 0 Å². The molecule has 0 aromatic carbocycles. The Kier molecular flexibility index (Phi) is 3.89. The summed E-state index contributed by atoms with van der Waals surface area (Å²) in [6.07, 6.45) is 4.71. The molecule has 1 unspecified atom stereocenters. The Morgan fingerprint density at radius 3 is 2.77 bits per heavy atom. The fourth-order valence-corrected chi connectivity index (χ4v) is 1.76. The van der Waals surface area contributed by atoms with E-state index in [2.05, 4.69) is 11.4 Å². The standard InChI is InChI=1S/C9H16N2OS/c1-13(12)7-6-11-8-9(2-3-9)4-5-10/h11H,2-4,6-8H2,1H3. The predicted octanol–water partition coefficient (Wildman–Crippen LogP) is 0.648. The molecule has 1 atom stereocenters. The van der Waals surface area contributed by atoms with Gasteiger partial charge < -0.3 is 5.32 Å². The molecule has 0 bridgehead atoms. The SMILES string of the molecule is CS(=O)CCNCC1(CC#N)CC1. The van der Waals surface area contributed by atoms with Crippen molar-refractivity contribution in [1.29, 1.82) is 5.26 Å². The molecule has 0 aromatic rings. The maximum absolute atomic E-state index is 10.7. The monoisotopic (exact) mass is 200 g/mol. The summed E-state index contributed by atoms with van der Waals surface area (Å²) in [7, 11) is -0.705. The quantitative estimate of drug-likeness (QED) is 0.640. The molecule has 13 heavy (non-hydrogen) atoms. The Hall–Kier alpha value is -0.400. The lowest BCUT2D eigenvalue weighted by atomic mass is 10.0. The average molecular weight is 200 g/mol. The lowest BCUT2D eigenvalue weighted by molar-refractivity contribution is 0.476. The molecule has 0 saturated heterocycles. The first-order chi connectivity index (χ1) is 6.18. The first-order valence-corrected chi connectivity index (χ1v) is 6.29. The Morgan fingerprint density at radius 2 is 2.31 bits per heavy atom. The number of nitriles is 1. The smallest absolute Gasteiger partial charge is 0.0628 e. The molecule has 0 radical (unpaired) electrons. The maximum Gasteiger partial charge on any atom is 0.0628 e. The molecule has 0 spiro atoms. The lowest BCUT2D eigenvalue weighted by Crippen LogP contribution is -2.27. The van der Waals surface area contributed by atoms with Crippen molar-refractivity contribution in [3.05, 3.63) is 0 Å². The highest BCUT2D eigenvalue weighted by molar-refractivity contribution is 7.84.